The van der Waals surface area contributed by atoms with Crippen molar-refractivity contribution in [3.05, 3.63) is 23.5 Å². The molecule has 0 saturated heterocycles. The van der Waals surface area contributed by atoms with Crippen LogP contribution in [-0.4, -0.2) is 37.8 Å². The summed E-state index contributed by atoms with van der Waals surface area (Å²) in [4.78, 5) is 20.5. The second-order valence-corrected chi connectivity index (χ2v) is 1.91. The summed E-state index contributed by atoms with van der Waals surface area (Å²) in [5.41, 5.74) is -0.556. The fourth-order valence-electron chi connectivity index (χ4n) is 0.560. The zero-order valence-corrected chi connectivity index (χ0v) is 6.26. The second-order valence-electron chi connectivity index (χ2n) is 1.91. The first kappa shape index (κ1) is 11.0. The lowest BCUT2D eigenvalue weighted by Crippen LogP contribution is -2.06. The zero-order chi connectivity index (χ0) is 9.14. The molecule has 0 fully saturated rings. The third kappa shape index (κ3) is 2.49. The van der Waals surface area contributed by atoms with Crippen molar-refractivity contribution < 1.29 is 25.3 Å². The molecule has 1 aromatic rings. The molecule has 0 amide bonds. The SMILES string of the molecule is O.O=C(O)c1ccc(C(=O)O)nn1. The van der Waals surface area contributed by atoms with Gasteiger partial charge in [0, 0.05) is 0 Å². The minimum Gasteiger partial charge on any atom is -0.476 e. The van der Waals surface area contributed by atoms with Crippen LogP contribution in [0.1, 0.15) is 21.0 Å². The summed E-state index contributed by atoms with van der Waals surface area (Å²) < 4.78 is 0. The fraction of sp³-hybridized carbons (Fsp3) is 0. The van der Waals surface area contributed by atoms with E-state index in [9.17, 15) is 9.59 Å². The summed E-state index contributed by atoms with van der Waals surface area (Å²) in [5.74, 6) is -2.47. The molecule has 4 N–H and O–H groups in total. The van der Waals surface area contributed by atoms with E-state index in [4.69, 9.17) is 10.2 Å². The number of hydrogen-bond donors (Lipinski definition) is 2. The van der Waals surface area contributed by atoms with E-state index >= 15 is 0 Å². The van der Waals surface area contributed by atoms with Gasteiger partial charge in [-0.1, -0.05) is 0 Å². The minimum absolute atomic E-state index is 0. The normalized spacial score (nSPS) is 8.62. The molecule has 1 aromatic heterocycles. The number of aromatic nitrogens is 2. The summed E-state index contributed by atoms with van der Waals surface area (Å²) in [6.45, 7) is 0. The van der Waals surface area contributed by atoms with Gasteiger partial charge in [0.25, 0.3) is 0 Å². The highest BCUT2D eigenvalue weighted by Gasteiger charge is 2.08. The average molecular weight is 186 g/mol. The number of aromatic carboxylic acids is 2. The van der Waals surface area contributed by atoms with Crippen molar-refractivity contribution in [1.29, 1.82) is 0 Å². The number of carboxylic acid groups (broad SMARTS) is 2. The Morgan fingerprint density at radius 3 is 1.46 bits per heavy atom. The highest BCUT2D eigenvalue weighted by molar-refractivity contribution is 5.87. The van der Waals surface area contributed by atoms with E-state index in [1.165, 1.54) is 0 Å². The fourth-order valence-corrected chi connectivity index (χ4v) is 0.560. The Hall–Kier alpha value is -2.02. The smallest absolute Gasteiger partial charge is 0.356 e. The lowest BCUT2D eigenvalue weighted by Gasteiger charge is -1.92. The van der Waals surface area contributed by atoms with Crippen molar-refractivity contribution in [2.75, 3.05) is 0 Å². The monoisotopic (exact) mass is 186 g/mol. The van der Waals surface area contributed by atoms with Gasteiger partial charge in [0.15, 0.2) is 11.4 Å². The predicted molar refractivity (Wildman–Crippen MR) is 39.6 cm³/mol. The molecular weight excluding hydrogens is 180 g/mol. The predicted octanol–water partition coefficient (Wildman–Crippen LogP) is -0.952. The molecule has 0 aromatic carbocycles. The van der Waals surface area contributed by atoms with Gasteiger partial charge < -0.3 is 15.7 Å². The summed E-state index contributed by atoms with van der Waals surface area (Å²) >= 11 is 0. The van der Waals surface area contributed by atoms with Gasteiger partial charge in [-0.2, -0.15) is 0 Å². The first-order chi connectivity index (χ1) is 5.61. The van der Waals surface area contributed by atoms with Crippen LogP contribution in [0, 0.1) is 0 Å². The van der Waals surface area contributed by atoms with Gasteiger partial charge in [-0.05, 0) is 12.1 Å². The molecule has 0 saturated carbocycles. The van der Waals surface area contributed by atoms with Crippen molar-refractivity contribution in [3.63, 3.8) is 0 Å². The first-order valence-corrected chi connectivity index (χ1v) is 2.91. The van der Waals surface area contributed by atoms with Crippen LogP contribution < -0.4 is 0 Å². The molecule has 1 heterocycles. The maximum absolute atomic E-state index is 10.2. The molecule has 0 aliphatic heterocycles. The molecule has 13 heavy (non-hydrogen) atoms. The minimum atomic E-state index is -1.24. The van der Waals surface area contributed by atoms with Crippen LogP contribution in [-0.2, 0) is 0 Å². The van der Waals surface area contributed by atoms with Crippen molar-refractivity contribution in [3.8, 4) is 0 Å². The van der Waals surface area contributed by atoms with Gasteiger partial charge in [-0.25, -0.2) is 9.59 Å². The van der Waals surface area contributed by atoms with E-state index in [0.29, 0.717) is 0 Å². The molecule has 1 rings (SSSR count). The molecule has 70 valence electrons. The van der Waals surface area contributed by atoms with E-state index < -0.39 is 11.9 Å². The van der Waals surface area contributed by atoms with Gasteiger partial charge in [0.2, 0.25) is 0 Å². The molecule has 0 unspecified atom stereocenters. The Bertz CT molecular complexity index is 287. The Balaban J connectivity index is 0.00000144. The van der Waals surface area contributed by atoms with Crippen molar-refractivity contribution in [2.45, 2.75) is 0 Å². The molecule has 0 bridgehead atoms. The maximum Gasteiger partial charge on any atom is 0.356 e. The van der Waals surface area contributed by atoms with Gasteiger partial charge in [-0.15, -0.1) is 10.2 Å². The summed E-state index contributed by atoms with van der Waals surface area (Å²) in [7, 11) is 0. The Morgan fingerprint density at radius 2 is 1.31 bits per heavy atom. The van der Waals surface area contributed by atoms with E-state index in [2.05, 4.69) is 10.2 Å². The molecule has 7 heteroatoms. The summed E-state index contributed by atoms with van der Waals surface area (Å²) in [6.07, 6.45) is 0. The number of carbonyl (C=O) groups is 2. The number of carboxylic acids is 2. The molecule has 0 atom stereocenters. The molecule has 0 radical (unpaired) electrons. The maximum atomic E-state index is 10.2. The molecule has 0 spiro atoms. The molecular formula is C6H6N2O5. The van der Waals surface area contributed by atoms with E-state index in [1.807, 2.05) is 0 Å². The number of nitrogens with zero attached hydrogens (tertiary/aromatic N) is 2. The van der Waals surface area contributed by atoms with E-state index in [-0.39, 0.29) is 16.9 Å². The Labute approximate surface area is 72.0 Å². The van der Waals surface area contributed by atoms with Gasteiger partial charge in [0.1, 0.15) is 0 Å². The Morgan fingerprint density at radius 1 is 1.00 bits per heavy atom. The average Bonchev–Trinajstić information content (AvgIpc) is 2.04. The van der Waals surface area contributed by atoms with Crippen LogP contribution in [0.3, 0.4) is 0 Å². The molecule has 0 aliphatic carbocycles. The zero-order valence-electron chi connectivity index (χ0n) is 6.26. The third-order valence-corrected chi connectivity index (χ3v) is 1.10. The summed E-state index contributed by atoms with van der Waals surface area (Å²) in [6, 6.07) is 2.16. The van der Waals surface area contributed by atoms with Crippen molar-refractivity contribution in [2.24, 2.45) is 0 Å². The van der Waals surface area contributed by atoms with Crippen LogP contribution >= 0.6 is 0 Å². The molecule has 0 aliphatic rings. The van der Waals surface area contributed by atoms with E-state index in [1.54, 1.807) is 0 Å². The molecule has 7 nitrogen and oxygen atoms in total. The lowest BCUT2D eigenvalue weighted by molar-refractivity contribution is 0.0668. The highest BCUT2D eigenvalue weighted by Crippen LogP contribution is 1.95. The van der Waals surface area contributed by atoms with Crippen LogP contribution in [0.25, 0.3) is 0 Å². The van der Waals surface area contributed by atoms with E-state index in [0.717, 1.165) is 12.1 Å². The lowest BCUT2D eigenvalue weighted by atomic mass is 10.3. The van der Waals surface area contributed by atoms with Crippen molar-refractivity contribution in [1.82, 2.24) is 10.2 Å². The van der Waals surface area contributed by atoms with Gasteiger partial charge >= 0.3 is 11.9 Å². The number of hydrogen-bond acceptors (Lipinski definition) is 4. The van der Waals surface area contributed by atoms with Crippen LogP contribution in [0.4, 0.5) is 0 Å². The Kier molecular flexibility index (Phi) is 3.48. The summed E-state index contributed by atoms with van der Waals surface area (Å²) in [5, 5.41) is 23.1. The van der Waals surface area contributed by atoms with Crippen LogP contribution in [0.15, 0.2) is 12.1 Å². The van der Waals surface area contributed by atoms with Gasteiger partial charge in [0.05, 0.1) is 0 Å². The highest BCUT2D eigenvalue weighted by atomic mass is 16.4. The second kappa shape index (κ2) is 4.12. The first-order valence-electron chi connectivity index (χ1n) is 2.91. The van der Waals surface area contributed by atoms with Crippen LogP contribution in [0.2, 0.25) is 0 Å². The standard InChI is InChI=1S/C6H4N2O4.H2O/c9-5(10)3-1-2-4(6(11)12)8-7-3;/h1-2H,(H,9,10)(H,11,12);1H2. The number of rotatable bonds is 2. The largest absolute Gasteiger partial charge is 0.476 e. The quantitative estimate of drug-likeness (QED) is 0.611. The van der Waals surface area contributed by atoms with Gasteiger partial charge in [-0.3, -0.25) is 0 Å². The third-order valence-electron chi connectivity index (χ3n) is 1.10. The van der Waals surface area contributed by atoms with Crippen LogP contribution in [0.5, 0.6) is 0 Å². The van der Waals surface area contributed by atoms with Crippen molar-refractivity contribution >= 4 is 11.9 Å². The topological polar surface area (TPSA) is 132 Å².